The molecule has 2 bridgehead atoms. The van der Waals surface area contributed by atoms with E-state index in [1.807, 2.05) is 19.1 Å². The Kier molecular flexibility index (Phi) is 9.41. The van der Waals surface area contributed by atoms with Crippen LogP contribution in [0, 0.1) is 11.8 Å². The van der Waals surface area contributed by atoms with Crippen LogP contribution in [0.4, 0.5) is 0 Å². The van der Waals surface area contributed by atoms with Gasteiger partial charge in [0.15, 0.2) is 0 Å². The van der Waals surface area contributed by atoms with Crippen LogP contribution in [0.5, 0.6) is 0 Å². The molecule has 0 spiro atoms. The monoisotopic (exact) mass is 391 g/mol. The third-order valence-corrected chi connectivity index (χ3v) is 5.67. The molecule has 2 fully saturated rings. The predicted octanol–water partition coefficient (Wildman–Crippen LogP) is 3.41. The van der Waals surface area contributed by atoms with E-state index < -0.39 is 5.97 Å². The Labute approximate surface area is 167 Å². The van der Waals surface area contributed by atoms with E-state index in [1.54, 1.807) is 0 Å². The van der Waals surface area contributed by atoms with Gasteiger partial charge in [-0.2, -0.15) is 0 Å². The number of nitrogens with one attached hydrogen (secondary N) is 1. The summed E-state index contributed by atoms with van der Waals surface area (Å²) < 4.78 is 6.06. The summed E-state index contributed by atoms with van der Waals surface area (Å²) in [6.07, 6.45) is 13.9. The molecule has 2 aliphatic rings. The van der Waals surface area contributed by atoms with E-state index in [4.69, 9.17) is 9.84 Å². The maximum Gasteiger partial charge on any atom is 0.303 e. The Morgan fingerprint density at radius 3 is 2.50 bits per heavy atom. The molecule has 156 valence electrons. The maximum absolute atomic E-state index is 12.1. The van der Waals surface area contributed by atoms with Gasteiger partial charge in [-0.3, -0.25) is 14.4 Å². The Morgan fingerprint density at radius 1 is 1.04 bits per heavy atom. The molecule has 0 radical (unpaired) electrons. The second-order valence-electron chi connectivity index (χ2n) is 7.73. The number of carboxylic acid groups (broad SMARTS) is 1. The molecule has 2 saturated heterocycles. The number of ether oxygens (including phenoxy) is 1. The molecule has 0 aromatic heterocycles. The molecule has 2 heterocycles. The van der Waals surface area contributed by atoms with Crippen molar-refractivity contribution >= 4 is 17.7 Å². The lowest BCUT2D eigenvalue weighted by Gasteiger charge is -2.27. The van der Waals surface area contributed by atoms with Crippen LogP contribution in [0.15, 0.2) is 24.3 Å². The normalized spacial score (nSPS) is 26.3. The fourth-order valence-electron chi connectivity index (χ4n) is 4.15. The van der Waals surface area contributed by atoms with Crippen molar-refractivity contribution in [2.45, 2.75) is 76.9 Å². The number of hydrogen-bond acceptors (Lipinski definition) is 4. The van der Waals surface area contributed by atoms with Gasteiger partial charge in [-0.25, -0.2) is 0 Å². The van der Waals surface area contributed by atoms with Crippen molar-refractivity contribution in [3.63, 3.8) is 0 Å². The van der Waals surface area contributed by atoms with Gasteiger partial charge in [0.05, 0.1) is 12.2 Å². The molecule has 0 aromatic carbocycles. The first-order valence-electron chi connectivity index (χ1n) is 10.4. The molecular formula is C22H33NO5. The minimum absolute atomic E-state index is 0.0698. The lowest BCUT2D eigenvalue weighted by atomic mass is 9.77. The van der Waals surface area contributed by atoms with Gasteiger partial charge in [0, 0.05) is 38.1 Å². The second kappa shape index (κ2) is 11.8. The summed E-state index contributed by atoms with van der Waals surface area (Å²) in [5.74, 6) is -0.0348. The molecule has 6 heteroatoms. The maximum atomic E-state index is 12.1. The zero-order valence-corrected chi connectivity index (χ0v) is 16.8. The molecule has 4 atom stereocenters. The number of carboxylic acids is 1. The van der Waals surface area contributed by atoms with Gasteiger partial charge in [-0.15, -0.1) is 0 Å². The second-order valence-corrected chi connectivity index (χ2v) is 7.73. The van der Waals surface area contributed by atoms with Crippen molar-refractivity contribution < 1.29 is 24.2 Å². The molecule has 28 heavy (non-hydrogen) atoms. The number of Topliss-reactive ketones (excluding diaryl/α,β-unsaturated/α-hetero) is 1. The number of amides is 1. The summed E-state index contributed by atoms with van der Waals surface area (Å²) in [7, 11) is 0. The summed E-state index contributed by atoms with van der Waals surface area (Å²) in [6.45, 7) is 2.47. The smallest absolute Gasteiger partial charge is 0.303 e. The summed E-state index contributed by atoms with van der Waals surface area (Å²) >= 11 is 0. The first kappa shape index (κ1) is 22.3. The molecule has 0 unspecified atom stereocenters. The van der Waals surface area contributed by atoms with Crippen LogP contribution in [-0.2, 0) is 19.1 Å². The van der Waals surface area contributed by atoms with Crippen LogP contribution in [0.25, 0.3) is 0 Å². The highest BCUT2D eigenvalue weighted by molar-refractivity contribution is 5.85. The van der Waals surface area contributed by atoms with Gasteiger partial charge in [-0.05, 0) is 44.9 Å². The zero-order valence-electron chi connectivity index (χ0n) is 16.8. The fraction of sp³-hybridized carbons (Fsp3) is 0.682. The number of ketones is 1. The van der Waals surface area contributed by atoms with E-state index in [9.17, 15) is 14.4 Å². The minimum atomic E-state index is -0.755. The fourth-order valence-corrected chi connectivity index (χ4v) is 4.15. The van der Waals surface area contributed by atoms with Crippen LogP contribution in [-0.4, -0.2) is 41.5 Å². The van der Waals surface area contributed by atoms with E-state index in [0.717, 1.165) is 25.7 Å². The first-order chi connectivity index (χ1) is 13.5. The molecule has 1 amide bonds. The zero-order chi connectivity index (χ0) is 20.4. The topological polar surface area (TPSA) is 92.7 Å². The average molecular weight is 392 g/mol. The lowest BCUT2D eigenvalue weighted by molar-refractivity contribution is -0.137. The van der Waals surface area contributed by atoms with Crippen molar-refractivity contribution in [1.29, 1.82) is 0 Å². The number of unbranched alkanes of at least 4 members (excludes halogenated alkanes) is 1. The van der Waals surface area contributed by atoms with Crippen molar-refractivity contribution in [1.82, 2.24) is 5.32 Å². The highest BCUT2D eigenvalue weighted by Gasteiger charge is 2.47. The average Bonchev–Trinajstić information content (AvgIpc) is 3.27. The van der Waals surface area contributed by atoms with Crippen LogP contribution < -0.4 is 5.32 Å². The van der Waals surface area contributed by atoms with Gasteiger partial charge in [-0.1, -0.05) is 24.3 Å². The quantitative estimate of drug-likeness (QED) is 0.371. The largest absolute Gasteiger partial charge is 0.481 e. The standard InChI is InChI=1S/C22H33NO5/c1-2-3-8-16(24)11-14-21(25)23-15-18-17(19-12-13-20(18)28-19)9-6-4-5-7-10-22(26)27/h2-4,6,17-20H,5,7-15H2,1H3,(H,23,25)(H,26,27)/b3-2?,6-4-/t17-,18+,19-,20+/m1/s1. The van der Waals surface area contributed by atoms with Crippen LogP contribution in [0.1, 0.15) is 64.7 Å². The number of carbonyl (C=O) groups excluding carboxylic acids is 2. The van der Waals surface area contributed by atoms with E-state index >= 15 is 0 Å². The Bertz CT molecular complexity index is 598. The Morgan fingerprint density at radius 2 is 1.79 bits per heavy atom. The summed E-state index contributed by atoms with van der Waals surface area (Å²) in [6, 6.07) is 0. The van der Waals surface area contributed by atoms with Crippen molar-refractivity contribution in [3.05, 3.63) is 24.3 Å². The van der Waals surface area contributed by atoms with Gasteiger partial charge >= 0.3 is 5.97 Å². The number of fused-ring (bicyclic) bond motifs is 2. The molecule has 0 aliphatic carbocycles. The van der Waals surface area contributed by atoms with E-state index in [0.29, 0.717) is 31.2 Å². The Hall–Kier alpha value is -1.95. The number of carbonyl (C=O) groups is 3. The molecule has 2 aliphatic heterocycles. The molecule has 0 saturated carbocycles. The van der Waals surface area contributed by atoms with Crippen LogP contribution in [0.2, 0.25) is 0 Å². The molecular weight excluding hydrogens is 358 g/mol. The highest BCUT2D eigenvalue weighted by atomic mass is 16.5. The molecule has 0 aromatic rings. The first-order valence-corrected chi connectivity index (χ1v) is 10.4. The molecule has 2 N–H and O–H groups in total. The van der Waals surface area contributed by atoms with Gasteiger partial charge < -0.3 is 15.2 Å². The van der Waals surface area contributed by atoms with Crippen molar-refractivity contribution in [3.8, 4) is 0 Å². The SMILES string of the molecule is CC=CCC(=O)CCC(=O)NC[C@H]1[C@@H](C/C=C\CCCC(=O)O)[C@H]2CC[C@@H]1O2. The minimum Gasteiger partial charge on any atom is -0.481 e. The summed E-state index contributed by atoms with van der Waals surface area (Å²) in [5, 5.41) is 11.7. The van der Waals surface area contributed by atoms with Crippen LogP contribution in [0.3, 0.4) is 0 Å². The number of aliphatic carboxylic acids is 1. The lowest BCUT2D eigenvalue weighted by Crippen LogP contribution is -2.38. The van der Waals surface area contributed by atoms with Crippen molar-refractivity contribution in [2.24, 2.45) is 11.8 Å². The van der Waals surface area contributed by atoms with Gasteiger partial charge in [0.2, 0.25) is 5.91 Å². The molecule has 6 nitrogen and oxygen atoms in total. The number of rotatable bonds is 13. The highest BCUT2D eigenvalue weighted by Crippen LogP contribution is 2.44. The van der Waals surface area contributed by atoms with Crippen LogP contribution >= 0.6 is 0 Å². The predicted molar refractivity (Wildman–Crippen MR) is 107 cm³/mol. The van der Waals surface area contributed by atoms with Gasteiger partial charge in [0.1, 0.15) is 5.78 Å². The third-order valence-electron chi connectivity index (χ3n) is 5.67. The van der Waals surface area contributed by atoms with E-state index in [2.05, 4.69) is 17.5 Å². The number of hydrogen-bond donors (Lipinski definition) is 2. The summed E-state index contributed by atoms with van der Waals surface area (Å²) in [5.41, 5.74) is 0. The Balaban J connectivity index is 1.71. The van der Waals surface area contributed by atoms with E-state index in [-0.39, 0.29) is 43.2 Å². The molecule has 2 rings (SSSR count). The van der Waals surface area contributed by atoms with Gasteiger partial charge in [0.25, 0.3) is 0 Å². The van der Waals surface area contributed by atoms with Crippen molar-refractivity contribution in [2.75, 3.05) is 6.54 Å². The third kappa shape index (κ3) is 7.23. The van der Waals surface area contributed by atoms with E-state index in [1.165, 1.54) is 0 Å². The number of allylic oxidation sites excluding steroid dienone is 4. The summed E-state index contributed by atoms with van der Waals surface area (Å²) in [4.78, 5) is 34.3.